The molecule has 0 aliphatic heterocycles. The number of carbonyl (C=O) groups is 2. The summed E-state index contributed by atoms with van der Waals surface area (Å²) in [5.74, 6) is -0.0886. The highest BCUT2D eigenvalue weighted by Crippen LogP contribution is 2.18. The Balaban J connectivity index is 1.86. The molecule has 0 radical (unpaired) electrons. The Morgan fingerprint density at radius 3 is 2.55 bits per heavy atom. The van der Waals surface area contributed by atoms with Crippen LogP contribution in [0.2, 0.25) is 0 Å². The van der Waals surface area contributed by atoms with E-state index < -0.39 is 0 Å². The fraction of sp³-hybridized carbons (Fsp3) is 0.412. The molecule has 118 valence electrons. The maximum absolute atomic E-state index is 12.0. The van der Waals surface area contributed by atoms with E-state index >= 15 is 0 Å². The van der Waals surface area contributed by atoms with Gasteiger partial charge < -0.3 is 15.2 Å². The monoisotopic (exact) mass is 301 g/mol. The van der Waals surface area contributed by atoms with Gasteiger partial charge >= 0.3 is 0 Å². The molecular formula is C17H23N3O2. The minimum atomic E-state index is -0.0525. The highest BCUT2D eigenvalue weighted by atomic mass is 16.2. The van der Waals surface area contributed by atoms with Gasteiger partial charge in [-0.1, -0.05) is 32.0 Å². The molecule has 22 heavy (non-hydrogen) atoms. The molecule has 5 nitrogen and oxygen atoms in total. The average molecular weight is 301 g/mol. The minimum Gasteiger partial charge on any atom is -0.354 e. The number of hydrogen-bond donors (Lipinski definition) is 2. The van der Waals surface area contributed by atoms with Gasteiger partial charge in [0.2, 0.25) is 11.8 Å². The van der Waals surface area contributed by atoms with Crippen molar-refractivity contribution in [2.45, 2.75) is 27.3 Å². The maximum Gasteiger partial charge on any atom is 0.240 e. The maximum atomic E-state index is 12.0. The van der Waals surface area contributed by atoms with E-state index in [-0.39, 0.29) is 24.3 Å². The number of fused-ring (bicyclic) bond motifs is 1. The molecule has 2 aromatic rings. The summed E-state index contributed by atoms with van der Waals surface area (Å²) in [7, 11) is 0. The predicted molar refractivity (Wildman–Crippen MR) is 87.5 cm³/mol. The van der Waals surface area contributed by atoms with Crippen molar-refractivity contribution in [3.8, 4) is 0 Å². The van der Waals surface area contributed by atoms with Crippen molar-refractivity contribution in [1.29, 1.82) is 0 Å². The van der Waals surface area contributed by atoms with Gasteiger partial charge in [0.1, 0.15) is 6.54 Å². The summed E-state index contributed by atoms with van der Waals surface area (Å²) in [4.78, 5) is 23.4. The molecule has 0 saturated heterocycles. The first-order valence-corrected chi connectivity index (χ1v) is 7.58. The van der Waals surface area contributed by atoms with Crippen LogP contribution in [0.1, 0.15) is 19.5 Å². The Morgan fingerprint density at radius 1 is 1.14 bits per heavy atom. The molecular weight excluding hydrogens is 278 g/mol. The van der Waals surface area contributed by atoms with E-state index in [1.807, 2.05) is 49.6 Å². The molecule has 2 N–H and O–H groups in total. The van der Waals surface area contributed by atoms with Gasteiger partial charge in [-0.05, 0) is 24.4 Å². The Hall–Kier alpha value is -2.30. The van der Waals surface area contributed by atoms with Crippen molar-refractivity contribution in [2.75, 3.05) is 13.1 Å². The largest absolute Gasteiger partial charge is 0.354 e. The van der Waals surface area contributed by atoms with Crippen LogP contribution >= 0.6 is 0 Å². The van der Waals surface area contributed by atoms with Gasteiger partial charge in [0.25, 0.3) is 0 Å². The van der Waals surface area contributed by atoms with Crippen LogP contribution < -0.4 is 10.6 Å². The number of aromatic nitrogens is 1. The molecule has 2 amide bonds. The van der Waals surface area contributed by atoms with E-state index in [0.29, 0.717) is 13.1 Å². The number of nitrogens with zero attached hydrogens (tertiary/aromatic N) is 1. The third kappa shape index (κ3) is 3.87. The number of hydrogen-bond acceptors (Lipinski definition) is 2. The standard InChI is InChI=1S/C17H23N3O2/c1-12(2)17(22)19-9-8-18-16(21)11-20-13(3)10-14-6-4-5-7-15(14)20/h4-7,10,12H,8-9,11H2,1-3H3,(H,18,21)(H,19,22). The molecule has 0 saturated carbocycles. The second kappa shape index (κ2) is 7.11. The molecule has 1 aromatic heterocycles. The van der Waals surface area contributed by atoms with Crippen LogP contribution in [0.15, 0.2) is 30.3 Å². The highest BCUT2D eigenvalue weighted by Gasteiger charge is 2.09. The summed E-state index contributed by atoms with van der Waals surface area (Å²) in [6, 6.07) is 10.1. The van der Waals surface area contributed by atoms with Crippen LogP contribution in [0.25, 0.3) is 10.9 Å². The Kier molecular flexibility index (Phi) is 5.20. The summed E-state index contributed by atoms with van der Waals surface area (Å²) < 4.78 is 2.00. The summed E-state index contributed by atoms with van der Waals surface area (Å²) in [5, 5.41) is 6.75. The lowest BCUT2D eigenvalue weighted by Gasteiger charge is -2.11. The number of para-hydroxylation sites is 1. The fourth-order valence-corrected chi connectivity index (χ4v) is 2.35. The van der Waals surface area contributed by atoms with Crippen LogP contribution in [-0.2, 0) is 16.1 Å². The number of benzene rings is 1. The molecule has 0 fully saturated rings. The van der Waals surface area contributed by atoms with Gasteiger partial charge in [-0.25, -0.2) is 0 Å². The van der Waals surface area contributed by atoms with Gasteiger partial charge in [-0.2, -0.15) is 0 Å². The number of amides is 2. The topological polar surface area (TPSA) is 63.1 Å². The molecule has 0 aliphatic carbocycles. The molecule has 0 atom stereocenters. The molecule has 0 unspecified atom stereocenters. The van der Waals surface area contributed by atoms with Crippen LogP contribution in [0.3, 0.4) is 0 Å². The highest BCUT2D eigenvalue weighted by molar-refractivity contribution is 5.84. The summed E-state index contributed by atoms with van der Waals surface area (Å²) >= 11 is 0. The number of carbonyl (C=O) groups excluding carboxylic acids is 2. The zero-order chi connectivity index (χ0) is 16.1. The van der Waals surface area contributed by atoms with Crippen LogP contribution in [0.4, 0.5) is 0 Å². The lowest BCUT2D eigenvalue weighted by atomic mass is 10.2. The Morgan fingerprint density at radius 2 is 1.82 bits per heavy atom. The van der Waals surface area contributed by atoms with Crippen molar-refractivity contribution < 1.29 is 9.59 Å². The van der Waals surface area contributed by atoms with E-state index in [1.165, 1.54) is 0 Å². The fourth-order valence-electron chi connectivity index (χ4n) is 2.35. The first-order chi connectivity index (χ1) is 10.5. The van der Waals surface area contributed by atoms with Gasteiger partial charge in [0.05, 0.1) is 0 Å². The third-order valence-electron chi connectivity index (χ3n) is 3.59. The van der Waals surface area contributed by atoms with Gasteiger partial charge in [-0.15, -0.1) is 0 Å². The molecule has 2 rings (SSSR count). The first kappa shape index (κ1) is 16.1. The quantitative estimate of drug-likeness (QED) is 0.800. The smallest absolute Gasteiger partial charge is 0.240 e. The van der Waals surface area contributed by atoms with E-state index in [0.717, 1.165) is 16.6 Å². The molecule has 0 spiro atoms. The molecule has 5 heteroatoms. The van der Waals surface area contributed by atoms with E-state index in [1.54, 1.807) is 0 Å². The molecule has 1 heterocycles. The first-order valence-electron chi connectivity index (χ1n) is 7.58. The third-order valence-corrected chi connectivity index (χ3v) is 3.59. The van der Waals surface area contributed by atoms with E-state index in [9.17, 15) is 9.59 Å². The van der Waals surface area contributed by atoms with Gasteiger partial charge in [-0.3, -0.25) is 9.59 Å². The molecule has 0 aliphatic rings. The second-order valence-corrected chi connectivity index (χ2v) is 5.73. The average Bonchev–Trinajstić information content (AvgIpc) is 2.79. The number of nitrogens with one attached hydrogen (secondary N) is 2. The van der Waals surface area contributed by atoms with Crippen molar-refractivity contribution in [1.82, 2.24) is 15.2 Å². The molecule has 1 aromatic carbocycles. The minimum absolute atomic E-state index is 0.00139. The van der Waals surface area contributed by atoms with Crippen molar-refractivity contribution >= 4 is 22.7 Å². The normalized spacial score (nSPS) is 10.9. The number of rotatable bonds is 6. The SMILES string of the molecule is Cc1cc2ccccc2n1CC(=O)NCCNC(=O)C(C)C. The zero-order valence-corrected chi connectivity index (χ0v) is 13.3. The van der Waals surface area contributed by atoms with Crippen molar-refractivity contribution in [3.05, 3.63) is 36.0 Å². The summed E-state index contributed by atoms with van der Waals surface area (Å²) in [6.45, 7) is 6.86. The van der Waals surface area contributed by atoms with Crippen molar-refractivity contribution in [2.24, 2.45) is 5.92 Å². The van der Waals surface area contributed by atoms with Crippen LogP contribution in [0.5, 0.6) is 0 Å². The predicted octanol–water partition coefficient (Wildman–Crippen LogP) is 1.84. The summed E-state index contributed by atoms with van der Waals surface area (Å²) in [6.07, 6.45) is 0. The lowest BCUT2D eigenvalue weighted by molar-refractivity contribution is -0.124. The number of aryl methyl sites for hydroxylation is 1. The summed E-state index contributed by atoms with van der Waals surface area (Å²) in [5.41, 5.74) is 2.12. The second-order valence-electron chi connectivity index (χ2n) is 5.73. The van der Waals surface area contributed by atoms with Gasteiger partial charge in [0.15, 0.2) is 0 Å². The zero-order valence-electron chi connectivity index (χ0n) is 13.3. The van der Waals surface area contributed by atoms with Crippen LogP contribution in [-0.4, -0.2) is 29.5 Å². The van der Waals surface area contributed by atoms with Crippen LogP contribution in [0, 0.1) is 12.8 Å². The lowest BCUT2D eigenvalue weighted by Crippen LogP contribution is -2.37. The van der Waals surface area contributed by atoms with E-state index in [4.69, 9.17) is 0 Å². The van der Waals surface area contributed by atoms with E-state index in [2.05, 4.69) is 16.7 Å². The molecule has 0 bridgehead atoms. The Labute approximate surface area is 130 Å². The van der Waals surface area contributed by atoms with Gasteiger partial charge in [0, 0.05) is 30.2 Å². The Bertz CT molecular complexity index is 674. The van der Waals surface area contributed by atoms with Crippen molar-refractivity contribution in [3.63, 3.8) is 0 Å².